The van der Waals surface area contributed by atoms with Crippen molar-refractivity contribution in [1.82, 2.24) is 4.98 Å². The predicted octanol–water partition coefficient (Wildman–Crippen LogP) is 2.64. The van der Waals surface area contributed by atoms with Gasteiger partial charge in [0, 0.05) is 29.1 Å². The minimum atomic E-state index is 0.209. The lowest BCUT2D eigenvalue weighted by Gasteiger charge is -2.20. The molecule has 20 heavy (non-hydrogen) atoms. The highest BCUT2D eigenvalue weighted by Crippen LogP contribution is 2.39. The van der Waals surface area contributed by atoms with Crippen molar-refractivity contribution >= 4 is 11.8 Å². The van der Waals surface area contributed by atoms with Crippen LogP contribution in [0.5, 0.6) is 11.5 Å². The monoisotopic (exact) mass is 288 g/mol. The highest BCUT2D eigenvalue weighted by Gasteiger charge is 2.15. The Hall–Kier alpha value is -1.72. The van der Waals surface area contributed by atoms with E-state index in [2.05, 4.69) is 4.98 Å². The van der Waals surface area contributed by atoms with Gasteiger partial charge in [-0.15, -0.1) is 11.8 Å². The molecule has 5 heteroatoms. The molecule has 0 saturated heterocycles. The number of benzene rings is 1. The van der Waals surface area contributed by atoms with E-state index in [0.29, 0.717) is 19.8 Å². The van der Waals surface area contributed by atoms with E-state index in [9.17, 15) is 0 Å². The fourth-order valence-electron chi connectivity index (χ4n) is 2.09. The van der Waals surface area contributed by atoms with Gasteiger partial charge in [0.05, 0.1) is 0 Å². The van der Waals surface area contributed by atoms with Crippen molar-refractivity contribution in [3.8, 4) is 11.5 Å². The van der Waals surface area contributed by atoms with E-state index in [1.807, 2.05) is 30.3 Å². The molecule has 0 fully saturated rings. The fraction of sp³-hybridized carbons (Fsp3) is 0.267. The second-order valence-electron chi connectivity index (χ2n) is 4.43. The maximum absolute atomic E-state index is 5.89. The number of hydrogen-bond acceptors (Lipinski definition) is 5. The van der Waals surface area contributed by atoms with Crippen LogP contribution in [-0.4, -0.2) is 24.7 Å². The third kappa shape index (κ3) is 2.89. The third-order valence-corrected chi connectivity index (χ3v) is 4.36. The zero-order valence-electron chi connectivity index (χ0n) is 11.0. The fourth-order valence-corrected chi connectivity index (χ4v) is 3.13. The Morgan fingerprint density at radius 3 is 2.60 bits per heavy atom. The first-order valence-electron chi connectivity index (χ1n) is 6.53. The second kappa shape index (κ2) is 6.15. The van der Waals surface area contributed by atoms with E-state index in [-0.39, 0.29) is 5.25 Å². The smallest absolute Gasteiger partial charge is 0.162 e. The van der Waals surface area contributed by atoms with Crippen molar-refractivity contribution < 1.29 is 9.47 Å². The van der Waals surface area contributed by atoms with Crippen LogP contribution in [0.4, 0.5) is 0 Å². The number of rotatable bonds is 4. The van der Waals surface area contributed by atoms with Crippen LogP contribution in [0.1, 0.15) is 10.8 Å². The molecule has 1 atom stereocenters. The Bertz CT molecular complexity index is 577. The second-order valence-corrected chi connectivity index (χ2v) is 5.70. The first-order chi connectivity index (χ1) is 9.86. The van der Waals surface area contributed by atoms with E-state index >= 15 is 0 Å². The zero-order valence-corrected chi connectivity index (χ0v) is 11.8. The molecule has 0 saturated carbocycles. The molecule has 0 bridgehead atoms. The predicted molar refractivity (Wildman–Crippen MR) is 79.3 cm³/mol. The Morgan fingerprint density at radius 1 is 1.10 bits per heavy atom. The number of fused-ring (bicyclic) bond motifs is 1. The highest BCUT2D eigenvalue weighted by molar-refractivity contribution is 7.99. The highest BCUT2D eigenvalue weighted by atomic mass is 32.2. The maximum atomic E-state index is 5.89. The van der Waals surface area contributed by atoms with E-state index in [1.54, 1.807) is 24.2 Å². The molecule has 4 nitrogen and oxygen atoms in total. The SMILES string of the molecule is NCC(Sc1ccc2c(c1)OCCO2)c1ccncc1. The van der Waals surface area contributed by atoms with Crippen molar-refractivity contribution in [3.63, 3.8) is 0 Å². The molecular weight excluding hydrogens is 272 g/mol. The van der Waals surface area contributed by atoms with Gasteiger partial charge in [-0.1, -0.05) is 0 Å². The molecule has 1 aliphatic rings. The molecule has 2 heterocycles. The van der Waals surface area contributed by atoms with Crippen molar-refractivity contribution in [2.45, 2.75) is 10.1 Å². The van der Waals surface area contributed by atoms with Crippen LogP contribution >= 0.6 is 11.8 Å². The van der Waals surface area contributed by atoms with Crippen LogP contribution in [-0.2, 0) is 0 Å². The lowest BCUT2D eigenvalue weighted by Crippen LogP contribution is -2.15. The molecule has 0 radical (unpaired) electrons. The standard InChI is InChI=1S/C15H16N2O2S/c16-10-15(11-3-5-17-6-4-11)20-12-1-2-13-14(9-12)19-8-7-18-13/h1-6,9,15H,7-8,10,16H2. The van der Waals surface area contributed by atoms with Crippen molar-refractivity contribution in [3.05, 3.63) is 48.3 Å². The van der Waals surface area contributed by atoms with Gasteiger partial charge in [0.2, 0.25) is 0 Å². The van der Waals surface area contributed by atoms with Crippen LogP contribution in [0.25, 0.3) is 0 Å². The number of nitrogens with two attached hydrogens (primary N) is 1. The molecule has 2 N–H and O–H groups in total. The summed E-state index contributed by atoms with van der Waals surface area (Å²) in [7, 11) is 0. The molecule has 2 aromatic rings. The van der Waals surface area contributed by atoms with Crippen LogP contribution in [0.3, 0.4) is 0 Å². The van der Waals surface area contributed by atoms with E-state index in [0.717, 1.165) is 16.4 Å². The molecule has 1 aromatic heterocycles. The summed E-state index contributed by atoms with van der Waals surface area (Å²) in [4.78, 5) is 5.17. The van der Waals surface area contributed by atoms with Gasteiger partial charge in [0.25, 0.3) is 0 Å². The van der Waals surface area contributed by atoms with E-state index in [1.165, 1.54) is 5.56 Å². The minimum absolute atomic E-state index is 0.209. The molecule has 0 aliphatic carbocycles. The van der Waals surface area contributed by atoms with Crippen LogP contribution in [0.15, 0.2) is 47.6 Å². The van der Waals surface area contributed by atoms with Gasteiger partial charge in [-0.2, -0.15) is 0 Å². The van der Waals surface area contributed by atoms with Crippen molar-refractivity contribution in [2.75, 3.05) is 19.8 Å². The topological polar surface area (TPSA) is 57.4 Å². The molecule has 1 aliphatic heterocycles. The Balaban J connectivity index is 1.79. The number of pyridine rings is 1. The summed E-state index contributed by atoms with van der Waals surface area (Å²) in [6, 6.07) is 10.0. The van der Waals surface area contributed by atoms with Gasteiger partial charge in [0.1, 0.15) is 13.2 Å². The summed E-state index contributed by atoms with van der Waals surface area (Å²) in [5.41, 5.74) is 7.08. The van der Waals surface area contributed by atoms with E-state index in [4.69, 9.17) is 15.2 Å². The first-order valence-corrected chi connectivity index (χ1v) is 7.41. The van der Waals surface area contributed by atoms with Gasteiger partial charge >= 0.3 is 0 Å². The van der Waals surface area contributed by atoms with Crippen molar-refractivity contribution in [2.24, 2.45) is 5.73 Å². The number of thioether (sulfide) groups is 1. The summed E-state index contributed by atoms with van der Waals surface area (Å²) in [6.07, 6.45) is 3.59. The number of hydrogen-bond donors (Lipinski definition) is 1. The number of ether oxygens (including phenoxy) is 2. The molecular formula is C15H16N2O2S. The number of nitrogens with zero attached hydrogens (tertiary/aromatic N) is 1. The summed E-state index contributed by atoms with van der Waals surface area (Å²) < 4.78 is 11.1. The van der Waals surface area contributed by atoms with Crippen LogP contribution in [0.2, 0.25) is 0 Å². The summed E-state index contributed by atoms with van der Waals surface area (Å²) in [5, 5.41) is 0.209. The van der Waals surface area contributed by atoms with Crippen LogP contribution in [0, 0.1) is 0 Å². The normalized spacial score (nSPS) is 14.8. The Labute approximate surface area is 122 Å². The van der Waals surface area contributed by atoms with Gasteiger partial charge in [-0.25, -0.2) is 0 Å². The quantitative estimate of drug-likeness (QED) is 0.877. The average Bonchev–Trinajstić information content (AvgIpc) is 2.53. The molecule has 0 spiro atoms. The Morgan fingerprint density at radius 2 is 1.85 bits per heavy atom. The molecule has 0 amide bonds. The lowest BCUT2D eigenvalue weighted by molar-refractivity contribution is 0.171. The minimum Gasteiger partial charge on any atom is -0.486 e. The molecule has 1 unspecified atom stereocenters. The lowest BCUT2D eigenvalue weighted by atomic mass is 10.2. The molecule has 3 rings (SSSR count). The van der Waals surface area contributed by atoms with Gasteiger partial charge in [-0.05, 0) is 35.9 Å². The van der Waals surface area contributed by atoms with Crippen LogP contribution < -0.4 is 15.2 Å². The number of aromatic nitrogens is 1. The zero-order chi connectivity index (χ0) is 13.8. The van der Waals surface area contributed by atoms with Gasteiger partial charge in [-0.3, -0.25) is 4.98 Å². The average molecular weight is 288 g/mol. The maximum Gasteiger partial charge on any atom is 0.162 e. The summed E-state index contributed by atoms with van der Waals surface area (Å²) >= 11 is 1.73. The largest absolute Gasteiger partial charge is 0.486 e. The summed E-state index contributed by atoms with van der Waals surface area (Å²) in [6.45, 7) is 1.79. The van der Waals surface area contributed by atoms with Gasteiger partial charge < -0.3 is 15.2 Å². The third-order valence-electron chi connectivity index (χ3n) is 3.08. The first kappa shape index (κ1) is 13.3. The Kier molecular flexibility index (Phi) is 4.08. The molecule has 104 valence electrons. The van der Waals surface area contributed by atoms with Gasteiger partial charge in [0.15, 0.2) is 11.5 Å². The molecule has 1 aromatic carbocycles. The van der Waals surface area contributed by atoms with E-state index < -0.39 is 0 Å². The summed E-state index contributed by atoms with van der Waals surface area (Å²) in [5.74, 6) is 1.63. The van der Waals surface area contributed by atoms with Crippen molar-refractivity contribution in [1.29, 1.82) is 0 Å².